The van der Waals surface area contributed by atoms with E-state index in [-0.39, 0.29) is 19.1 Å². The maximum absolute atomic E-state index is 12.7. The van der Waals surface area contributed by atoms with E-state index in [9.17, 15) is 19.4 Å². The number of quaternary nitrogens is 1. The Bertz CT molecular complexity index is 794. The molecule has 0 aliphatic carbocycles. The van der Waals surface area contributed by atoms with Gasteiger partial charge in [0.2, 0.25) is 5.91 Å². The van der Waals surface area contributed by atoms with Crippen LogP contribution >= 0.6 is 7.82 Å². The van der Waals surface area contributed by atoms with E-state index in [2.05, 4.69) is 43.5 Å². The van der Waals surface area contributed by atoms with E-state index >= 15 is 0 Å². The second kappa shape index (κ2) is 26.2. The molecule has 0 bridgehead atoms. The van der Waals surface area contributed by atoms with Crippen molar-refractivity contribution < 1.29 is 32.9 Å². The fourth-order valence-corrected chi connectivity index (χ4v) is 4.93. The highest BCUT2D eigenvalue weighted by Gasteiger charge is 2.27. The number of phosphoric acid groups is 1. The van der Waals surface area contributed by atoms with Gasteiger partial charge in [0.15, 0.2) is 0 Å². The van der Waals surface area contributed by atoms with Gasteiger partial charge in [-0.3, -0.25) is 13.8 Å². The number of likely N-dealkylation sites (N-methyl/N-ethyl adjacent to an activating group) is 1. The highest BCUT2D eigenvalue weighted by molar-refractivity contribution is 7.47. The van der Waals surface area contributed by atoms with Crippen molar-refractivity contribution in [3.63, 3.8) is 0 Å². The Kier molecular flexibility index (Phi) is 25.4. The molecule has 0 fully saturated rings. The topological polar surface area (TPSA) is 105 Å². The minimum Gasteiger partial charge on any atom is -0.387 e. The summed E-state index contributed by atoms with van der Waals surface area (Å²) in [6, 6.07) is -0.861. The van der Waals surface area contributed by atoms with Gasteiger partial charge in [0.25, 0.3) is 0 Å². The van der Waals surface area contributed by atoms with E-state index in [1.165, 1.54) is 44.9 Å². The van der Waals surface area contributed by atoms with Crippen LogP contribution in [0.4, 0.5) is 0 Å². The predicted octanol–water partition coefficient (Wildman–Crippen LogP) is 7.62. The standard InChI is InChI=1S/C33H63N2O6P/c1-6-8-10-12-14-16-18-20-22-24-26-32(36)31(30-41-42(38,39)40-29-28-35(3,4)5)34-33(37)27-25-23-21-19-17-15-13-11-9-7-2/h8,10,16,18,24,26,31-32,36H,6-7,9,11-15,17,19-23,25,27-30H2,1-5H3,(H-,34,37,38,39)/p+1/b10-8+,18-16+,26-24+. The van der Waals surface area contributed by atoms with E-state index in [1.54, 1.807) is 6.08 Å². The van der Waals surface area contributed by atoms with Gasteiger partial charge in [-0.25, -0.2) is 4.57 Å². The summed E-state index contributed by atoms with van der Waals surface area (Å²) in [6.07, 6.45) is 27.9. The lowest BCUT2D eigenvalue weighted by molar-refractivity contribution is -0.870. The van der Waals surface area contributed by atoms with Crippen molar-refractivity contribution >= 4 is 13.7 Å². The third-order valence-electron chi connectivity index (χ3n) is 6.85. The molecular weight excluding hydrogens is 551 g/mol. The summed E-state index contributed by atoms with van der Waals surface area (Å²) in [6.45, 7) is 4.60. The van der Waals surface area contributed by atoms with Crippen molar-refractivity contribution in [2.75, 3.05) is 40.9 Å². The first-order valence-corrected chi connectivity index (χ1v) is 17.9. The summed E-state index contributed by atoms with van der Waals surface area (Å²) in [7, 11) is 1.54. The largest absolute Gasteiger partial charge is 0.472 e. The maximum Gasteiger partial charge on any atom is 0.472 e. The Hall–Kier alpha value is -1.28. The summed E-state index contributed by atoms with van der Waals surface area (Å²) in [4.78, 5) is 22.8. The van der Waals surface area contributed by atoms with Gasteiger partial charge < -0.3 is 19.8 Å². The number of carbonyl (C=O) groups excluding carboxylic acids is 1. The molecule has 1 amide bonds. The van der Waals surface area contributed by atoms with Crippen molar-refractivity contribution in [2.24, 2.45) is 0 Å². The van der Waals surface area contributed by atoms with Crippen LogP contribution < -0.4 is 5.32 Å². The second-order valence-electron chi connectivity index (χ2n) is 12.1. The molecule has 42 heavy (non-hydrogen) atoms. The summed E-state index contributed by atoms with van der Waals surface area (Å²) < 4.78 is 23.3. The van der Waals surface area contributed by atoms with Crippen LogP contribution in [0.5, 0.6) is 0 Å². The van der Waals surface area contributed by atoms with Gasteiger partial charge in [-0.15, -0.1) is 0 Å². The molecule has 0 aliphatic heterocycles. The van der Waals surface area contributed by atoms with Crippen LogP contribution in [-0.4, -0.2) is 73.4 Å². The molecule has 0 saturated heterocycles. The molecule has 0 heterocycles. The predicted molar refractivity (Wildman–Crippen MR) is 175 cm³/mol. The van der Waals surface area contributed by atoms with Crippen LogP contribution in [0.3, 0.4) is 0 Å². The Balaban J connectivity index is 4.72. The third kappa shape index (κ3) is 27.5. The quantitative estimate of drug-likeness (QED) is 0.0362. The number of amides is 1. The molecule has 3 atom stereocenters. The van der Waals surface area contributed by atoms with Crippen LogP contribution in [0.2, 0.25) is 0 Å². The number of carbonyl (C=O) groups is 1. The molecule has 3 unspecified atom stereocenters. The van der Waals surface area contributed by atoms with Gasteiger partial charge in [-0.1, -0.05) is 108 Å². The smallest absolute Gasteiger partial charge is 0.387 e. The molecular formula is C33H64N2O6P+. The first-order chi connectivity index (χ1) is 20.0. The third-order valence-corrected chi connectivity index (χ3v) is 7.84. The zero-order valence-corrected chi connectivity index (χ0v) is 28.4. The zero-order valence-electron chi connectivity index (χ0n) is 27.5. The van der Waals surface area contributed by atoms with E-state index < -0.39 is 20.0 Å². The van der Waals surface area contributed by atoms with Crippen molar-refractivity contribution in [1.29, 1.82) is 0 Å². The second-order valence-corrected chi connectivity index (χ2v) is 13.6. The Morgan fingerprint density at radius 3 is 1.88 bits per heavy atom. The molecule has 0 aromatic rings. The zero-order chi connectivity index (χ0) is 31.5. The van der Waals surface area contributed by atoms with E-state index in [4.69, 9.17) is 9.05 Å². The number of nitrogens with zero attached hydrogens (tertiary/aromatic N) is 1. The van der Waals surface area contributed by atoms with Gasteiger partial charge >= 0.3 is 7.82 Å². The van der Waals surface area contributed by atoms with Crippen molar-refractivity contribution in [2.45, 2.75) is 129 Å². The average molecular weight is 616 g/mol. The van der Waals surface area contributed by atoms with Crippen LogP contribution in [0.15, 0.2) is 36.5 Å². The number of hydrogen-bond acceptors (Lipinski definition) is 5. The molecule has 0 radical (unpaired) electrons. The van der Waals surface area contributed by atoms with Gasteiger partial charge in [-0.05, 0) is 38.5 Å². The van der Waals surface area contributed by atoms with Crippen molar-refractivity contribution in [3.8, 4) is 0 Å². The van der Waals surface area contributed by atoms with Crippen molar-refractivity contribution in [3.05, 3.63) is 36.5 Å². The van der Waals surface area contributed by atoms with E-state index in [0.29, 0.717) is 17.4 Å². The number of unbranched alkanes of at least 4 members (excludes halogenated alkanes) is 11. The molecule has 246 valence electrons. The fourth-order valence-electron chi connectivity index (χ4n) is 4.19. The molecule has 0 rings (SSSR count). The maximum atomic E-state index is 12.7. The molecule has 0 saturated carbocycles. The highest BCUT2D eigenvalue weighted by atomic mass is 31.2. The number of hydrogen-bond donors (Lipinski definition) is 3. The first-order valence-electron chi connectivity index (χ1n) is 16.4. The van der Waals surface area contributed by atoms with Gasteiger partial charge in [-0.2, -0.15) is 0 Å². The fraction of sp³-hybridized carbons (Fsp3) is 0.788. The summed E-state index contributed by atoms with van der Waals surface area (Å²) in [5.74, 6) is -0.200. The van der Waals surface area contributed by atoms with Crippen LogP contribution in [0.25, 0.3) is 0 Å². The average Bonchev–Trinajstić information content (AvgIpc) is 2.92. The normalized spacial score (nSPS) is 15.5. The van der Waals surface area contributed by atoms with Gasteiger partial charge in [0.05, 0.1) is 39.9 Å². The molecule has 8 nitrogen and oxygen atoms in total. The van der Waals surface area contributed by atoms with Crippen LogP contribution in [-0.2, 0) is 18.4 Å². The Labute approximate surface area is 257 Å². The minimum absolute atomic E-state index is 0.0535. The van der Waals surface area contributed by atoms with E-state index in [0.717, 1.165) is 51.4 Å². The monoisotopic (exact) mass is 615 g/mol. The molecule has 0 aliphatic rings. The van der Waals surface area contributed by atoms with Gasteiger partial charge in [0, 0.05) is 6.42 Å². The van der Waals surface area contributed by atoms with Crippen molar-refractivity contribution in [1.82, 2.24) is 5.32 Å². The molecule has 9 heteroatoms. The lowest BCUT2D eigenvalue weighted by Gasteiger charge is -2.25. The summed E-state index contributed by atoms with van der Waals surface area (Å²) >= 11 is 0. The SMILES string of the molecule is CC/C=C/CC/C=C/CC/C=C/C(O)C(COP(=O)(O)OCC[N+](C)(C)C)NC(=O)CCCCCCCCCCCC. The molecule has 0 spiro atoms. The number of aliphatic hydroxyl groups is 1. The number of allylic oxidation sites excluding steroid dienone is 5. The number of nitrogens with one attached hydrogen (secondary N) is 1. The highest BCUT2D eigenvalue weighted by Crippen LogP contribution is 2.43. The lowest BCUT2D eigenvalue weighted by Crippen LogP contribution is -2.45. The molecule has 0 aromatic heterocycles. The number of aliphatic hydroxyl groups excluding tert-OH is 1. The van der Waals surface area contributed by atoms with Gasteiger partial charge in [0.1, 0.15) is 13.2 Å². The van der Waals surface area contributed by atoms with E-state index in [1.807, 2.05) is 27.2 Å². The molecule has 0 aromatic carbocycles. The Morgan fingerprint density at radius 2 is 1.33 bits per heavy atom. The van der Waals surface area contributed by atoms with Crippen LogP contribution in [0, 0.1) is 0 Å². The number of rotatable bonds is 28. The lowest BCUT2D eigenvalue weighted by atomic mass is 10.1. The van der Waals surface area contributed by atoms with Crippen LogP contribution in [0.1, 0.15) is 117 Å². The molecule has 3 N–H and O–H groups in total. The summed E-state index contributed by atoms with van der Waals surface area (Å²) in [5.41, 5.74) is 0. The first kappa shape index (κ1) is 40.7. The summed E-state index contributed by atoms with van der Waals surface area (Å²) in [5, 5.41) is 13.6. The Morgan fingerprint density at radius 1 is 0.810 bits per heavy atom. The number of phosphoric ester groups is 1. The minimum atomic E-state index is -4.33.